The Morgan fingerprint density at radius 1 is 1.15 bits per heavy atom. The number of carbonyl (C=O) groups excluding carboxylic acids is 1. The molecule has 2 aromatic rings. The monoisotopic (exact) mass is 355 g/mol. The van der Waals surface area contributed by atoms with Crippen molar-refractivity contribution in [3.8, 4) is 0 Å². The summed E-state index contributed by atoms with van der Waals surface area (Å²) in [6.07, 6.45) is -0.665. The van der Waals surface area contributed by atoms with Gasteiger partial charge in [-0.2, -0.15) is 0 Å². The van der Waals surface area contributed by atoms with Gasteiger partial charge in [-0.15, -0.1) is 0 Å². The standard InChI is InChI=1S/C20H22FN3O2/c21-17-8-15(20-12-22-9-16(20)10-23-13-20)6-7-18(17)24-19(25)26-11-14-4-2-1-3-5-14/h1-8,16,22-23H,9-13H2,(H,24,25). The van der Waals surface area contributed by atoms with Crippen molar-refractivity contribution in [3.63, 3.8) is 0 Å². The molecule has 2 aliphatic rings. The minimum Gasteiger partial charge on any atom is -0.444 e. The topological polar surface area (TPSA) is 62.4 Å². The quantitative estimate of drug-likeness (QED) is 0.789. The van der Waals surface area contributed by atoms with E-state index in [0.717, 1.165) is 37.3 Å². The van der Waals surface area contributed by atoms with Crippen LogP contribution in [0.5, 0.6) is 0 Å². The van der Waals surface area contributed by atoms with E-state index in [9.17, 15) is 9.18 Å². The molecule has 4 rings (SSSR count). The van der Waals surface area contributed by atoms with E-state index in [1.165, 1.54) is 0 Å². The lowest BCUT2D eigenvalue weighted by atomic mass is 9.75. The van der Waals surface area contributed by atoms with Crippen molar-refractivity contribution in [2.24, 2.45) is 5.92 Å². The summed E-state index contributed by atoms with van der Waals surface area (Å²) >= 11 is 0. The Morgan fingerprint density at radius 2 is 1.88 bits per heavy atom. The molecule has 0 radical (unpaired) electrons. The highest BCUT2D eigenvalue weighted by molar-refractivity contribution is 5.84. The lowest BCUT2D eigenvalue weighted by Gasteiger charge is -2.28. The van der Waals surface area contributed by atoms with E-state index in [1.807, 2.05) is 36.4 Å². The van der Waals surface area contributed by atoms with Gasteiger partial charge in [0, 0.05) is 31.6 Å². The summed E-state index contributed by atoms with van der Waals surface area (Å²) in [5.41, 5.74) is 1.92. The van der Waals surface area contributed by atoms with Crippen LogP contribution < -0.4 is 16.0 Å². The van der Waals surface area contributed by atoms with Gasteiger partial charge in [0.25, 0.3) is 0 Å². The second kappa shape index (κ2) is 7.05. The lowest BCUT2D eigenvalue weighted by molar-refractivity contribution is 0.155. The predicted octanol–water partition coefficient (Wildman–Crippen LogP) is 2.63. The van der Waals surface area contributed by atoms with Gasteiger partial charge in [-0.25, -0.2) is 9.18 Å². The SMILES string of the molecule is O=C(Nc1ccc(C23CNCC2CNC3)cc1F)OCc1ccccc1. The third-order valence-corrected chi connectivity index (χ3v) is 5.44. The van der Waals surface area contributed by atoms with Crippen LogP contribution in [0.3, 0.4) is 0 Å². The molecule has 0 aliphatic carbocycles. The molecular weight excluding hydrogens is 333 g/mol. The van der Waals surface area contributed by atoms with Crippen molar-refractivity contribution in [1.82, 2.24) is 10.6 Å². The number of ether oxygens (including phenoxy) is 1. The molecule has 0 atom stereocenters. The van der Waals surface area contributed by atoms with Gasteiger partial charge in [-0.3, -0.25) is 5.32 Å². The highest BCUT2D eigenvalue weighted by Gasteiger charge is 2.47. The lowest BCUT2D eigenvalue weighted by Crippen LogP contribution is -2.36. The maximum Gasteiger partial charge on any atom is 0.412 e. The van der Waals surface area contributed by atoms with Crippen LogP contribution in [0.15, 0.2) is 48.5 Å². The minimum absolute atomic E-state index is 0.0623. The van der Waals surface area contributed by atoms with Crippen LogP contribution in [0, 0.1) is 11.7 Å². The number of rotatable bonds is 4. The average Bonchev–Trinajstić information content (AvgIpc) is 3.23. The summed E-state index contributed by atoms with van der Waals surface area (Å²) in [5.74, 6) is 0.0302. The summed E-state index contributed by atoms with van der Waals surface area (Å²) in [6.45, 7) is 3.72. The third kappa shape index (κ3) is 3.18. The number of hydrogen-bond acceptors (Lipinski definition) is 4. The second-order valence-corrected chi connectivity index (χ2v) is 7.00. The second-order valence-electron chi connectivity index (χ2n) is 7.00. The molecule has 0 unspecified atom stereocenters. The molecule has 1 amide bonds. The van der Waals surface area contributed by atoms with Crippen LogP contribution in [0.2, 0.25) is 0 Å². The molecule has 0 spiro atoms. The number of hydrogen-bond donors (Lipinski definition) is 3. The van der Waals surface area contributed by atoms with Crippen LogP contribution in [-0.4, -0.2) is 32.3 Å². The number of fused-ring (bicyclic) bond motifs is 1. The molecule has 2 heterocycles. The number of amides is 1. The van der Waals surface area contributed by atoms with E-state index in [0.29, 0.717) is 5.92 Å². The molecule has 2 saturated heterocycles. The van der Waals surface area contributed by atoms with Gasteiger partial charge in [0.1, 0.15) is 12.4 Å². The summed E-state index contributed by atoms with van der Waals surface area (Å²) in [5, 5.41) is 9.31. The number of benzene rings is 2. The van der Waals surface area contributed by atoms with Gasteiger partial charge >= 0.3 is 6.09 Å². The molecule has 2 fully saturated rings. The first-order valence-electron chi connectivity index (χ1n) is 8.86. The Hall–Kier alpha value is -2.44. The third-order valence-electron chi connectivity index (χ3n) is 5.44. The van der Waals surface area contributed by atoms with E-state index < -0.39 is 11.9 Å². The molecule has 0 bridgehead atoms. The van der Waals surface area contributed by atoms with Crippen molar-refractivity contribution in [2.45, 2.75) is 12.0 Å². The largest absolute Gasteiger partial charge is 0.444 e. The van der Waals surface area contributed by atoms with Crippen LogP contribution in [0.1, 0.15) is 11.1 Å². The molecule has 136 valence electrons. The first kappa shape index (κ1) is 17.0. The van der Waals surface area contributed by atoms with Gasteiger partial charge < -0.3 is 15.4 Å². The van der Waals surface area contributed by atoms with Crippen molar-refractivity contribution < 1.29 is 13.9 Å². The van der Waals surface area contributed by atoms with E-state index in [1.54, 1.807) is 12.1 Å². The average molecular weight is 355 g/mol. The maximum atomic E-state index is 14.6. The zero-order valence-electron chi connectivity index (χ0n) is 14.4. The van der Waals surface area contributed by atoms with Gasteiger partial charge in [-0.1, -0.05) is 36.4 Å². The summed E-state index contributed by atoms with van der Waals surface area (Å²) in [4.78, 5) is 11.9. The summed E-state index contributed by atoms with van der Waals surface area (Å²) in [7, 11) is 0. The van der Waals surface area contributed by atoms with E-state index in [-0.39, 0.29) is 17.7 Å². The maximum absolute atomic E-state index is 14.6. The Morgan fingerprint density at radius 3 is 2.58 bits per heavy atom. The molecule has 2 aromatic carbocycles. The van der Waals surface area contributed by atoms with Gasteiger partial charge in [0.2, 0.25) is 0 Å². The zero-order chi connectivity index (χ0) is 18.0. The van der Waals surface area contributed by atoms with E-state index in [2.05, 4.69) is 16.0 Å². The molecule has 6 heteroatoms. The Bertz CT molecular complexity index is 787. The molecule has 0 saturated carbocycles. The number of anilines is 1. The van der Waals surface area contributed by atoms with Crippen molar-refractivity contribution in [3.05, 3.63) is 65.5 Å². The fraction of sp³-hybridized carbons (Fsp3) is 0.350. The molecular formula is C20H22FN3O2. The van der Waals surface area contributed by atoms with E-state index >= 15 is 0 Å². The fourth-order valence-corrected chi connectivity index (χ4v) is 3.99. The normalized spacial score (nSPS) is 24.3. The predicted molar refractivity (Wildman–Crippen MR) is 97.6 cm³/mol. The highest BCUT2D eigenvalue weighted by Crippen LogP contribution is 2.39. The van der Waals surface area contributed by atoms with Crippen LogP contribution in [0.4, 0.5) is 14.9 Å². The minimum atomic E-state index is -0.665. The van der Waals surface area contributed by atoms with E-state index in [4.69, 9.17) is 4.74 Å². The molecule has 3 N–H and O–H groups in total. The number of nitrogens with one attached hydrogen (secondary N) is 3. The van der Waals surface area contributed by atoms with Crippen LogP contribution in [-0.2, 0) is 16.8 Å². The smallest absolute Gasteiger partial charge is 0.412 e. The van der Waals surface area contributed by atoms with Crippen molar-refractivity contribution in [1.29, 1.82) is 0 Å². The molecule has 2 aliphatic heterocycles. The first-order valence-corrected chi connectivity index (χ1v) is 8.86. The molecule has 0 aromatic heterocycles. The summed E-state index contributed by atoms with van der Waals surface area (Å²) < 4.78 is 19.7. The zero-order valence-corrected chi connectivity index (χ0v) is 14.4. The molecule has 5 nitrogen and oxygen atoms in total. The Labute approximate surface area is 151 Å². The van der Waals surface area contributed by atoms with Crippen molar-refractivity contribution >= 4 is 11.8 Å². The van der Waals surface area contributed by atoms with Crippen LogP contribution in [0.25, 0.3) is 0 Å². The highest BCUT2D eigenvalue weighted by atomic mass is 19.1. The fourth-order valence-electron chi connectivity index (χ4n) is 3.99. The van der Waals surface area contributed by atoms with Gasteiger partial charge in [-0.05, 0) is 29.2 Å². The summed E-state index contributed by atoms with van der Waals surface area (Å²) in [6, 6.07) is 14.4. The number of halogens is 1. The number of carbonyl (C=O) groups is 1. The first-order chi connectivity index (χ1) is 12.7. The Balaban J connectivity index is 1.42. The van der Waals surface area contributed by atoms with Gasteiger partial charge in [0.05, 0.1) is 5.69 Å². The molecule has 26 heavy (non-hydrogen) atoms. The van der Waals surface area contributed by atoms with Gasteiger partial charge in [0.15, 0.2) is 0 Å². The van der Waals surface area contributed by atoms with Crippen LogP contribution >= 0.6 is 0 Å². The Kier molecular flexibility index (Phi) is 4.61. The van der Waals surface area contributed by atoms with Crippen molar-refractivity contribution in [2.75, 3.05) is 31.5 Å².